The Hall–Kier alpha value is -1.09. The standard InChI is InChI=1S/C9H15NO4S/c1-2-14-9(11)5-8-15(12,13)7-4-3-6-10/h2-5,7-8H2,1H3. The van der Waals surface area contributed by atoms with E-state index in [2.05, 4.69) is 4.74 Å². The number of rotatable bonds is 7. The van der Waals surface area contributed by atoms with E-state index >= 15 is 0 Å². The molecule has 0 amide bonds. The van der Waals surface area contributed by atoms with Crippen LogP contribution in [0.5, 0.6) is 0 Å². The van der Waals surface area contributed by atoms with Crippen LogP contribution in [0.2, 0.25) is 0 Å². The first-order chi connectivity index (χ1) is 7.02. The fraction of sp³-hybridized carbons (Fsp3) is 0.778. The lowest BCUT2D eigenvalue weighted by Crippen LogP contribution is -2.16. The Morgan fingerprint density at radius 3 is 2.60 bits per heavy atom. The Labute approximate surface area is 90.0 Å². The van der Waals surface area contributed by atoms with Gasteiger partial charge in [-0.25, -0.2) is 8.42 Å². The molecule has 0 aliphatic heterocycles. The van der Waals surface area contributed by atoms with Crippen molar-refractivity contribution in [3.63, 3.8) is 0 Å². The third kappa shape index (κ3) is 7.94. The van der Waals surface area contributed by atoms with Crippen molar-refractivity contribution in [1.82, 2.24) is 0 Å². The number of nitrogens with zero attached hydrogens (tertiary/aromatic N) is 1. The number of unbranched alkanes of at least 4 members (excludes halogenated alkanes) is 1. The summed E-state index contributed by atoms with van der Waals surface area (Å²) in [6, 6.07) is 1.87. The van der Waals surface area contributed by atoms with Crippen LogP contribution in [0, 0.1) is 11.3 Å². The SMILES string of the molecule is CCOC(=O)CCS(=O)(=O)CCCC#N. The summed E-state index contributed by atoms with van der Waals surface area (Å²) in [5.41, 5.74) is 0. The molecule has 15 heavy (non-hydrogen) atoms. The topological polar surface area (TPSA) is 84.2 Å². The number of hydrogen-bond acceptors (Lipinski definition) is 5. The molecule has 0 aromatic rings. The van der Waals surface area contributed by atoms with E-state index in [-0.39, 0.29) is 31.0 Å². The molecule has 6 heteroatoms. The summed E-state index contributed by atoms with van der Waals surface area (Å²) in [6.45, 7) is 1.92. The van der Waals surface area contributed by atoms with E-state index in [4.69, 9.17) is 5.26 Å². The fourth-order valence-electron chi connectivity index (χ4n) is 0.945. The van der Waals surface area contributed by atoms with Crippen LogP contribution in [-0.2, 0) is 19.4 Å². The number of hydrogen-bond donors (Lipinski definition) is 0. The van der Waals surface area contributed by atoms with Crippen LogP contribution in [0.1, 0.15) is 26.2 Å². The van der Waals surface area contributed by atoms with Gasteiger partial charge in [0.25, 0.3) is 0 Å². The molecule has 0 aliphatic carbocycles. The van der Waals surface area contributed by atoms with E-state index in [1.165, 1.54) is 0 Å². The molecule has 0 spiro atoms. The predicted molar refractivity (Wildman–Crippen MR) is 54.8 cm³/mol. The van der Waals surface area contributed by atoms with Crippen LogP contribution < -0.4 is 0 Å². The number of ether oxygens (including phenoxy) is 1. The molecule has 0 saturated carbocycles. The van der Waals surface area contributed by atoms with Gasteiger partial charge in [0, 0.05) is 6.42 Å². The lowest BCUT2D eigenvalue weighted by Gasteiger charge is -2.02. The molecule has 0 atom stereocenters. The first-order valence-corrected chi connectivity index (χ1v) is 6.57. The Morgan fingerprint density at radius 2 is 2.07 bits per heavy atom. The summed E-state index contributed by atoms with van der Waals surface area (Å²) in [5.74, 6) is -0.738. The van der Waals surface area contributed by atoms with Gasteiger partial charge < -0.3 is 4.74 Å². The van der Waals surface area contributed by atoms with E-state index in [1.54, 1.807) is 6.92 Å². The van der Waals surface area contributed by atoms with Gasteiger partial charge in [0.1, 0.15) is 0 Å². The zero-order valence-corrected chi connectivity index (χ0v) is 9.55. The van der Waals surface area contributed by atoms with Crippen molar-refractivity contribution in [3.8, 4) is 6.07 Å². The van der Waals surface area contributed by atoms with Gasteiger partial charge in [0.15, 0.2) is 9.84 Å². The lowest BCUT2D eigenvalue weighted by atomic mass is 10.4. The first kappa shape index (κ1) is 13.9. The van der Waals surface area contributed by atoms with Crippen molar-refractivity contribution in [3.05, 3.63) is 0 Å². The Balaban J connectivity index is 3.85. The maximum atomic E-state index is 11.3. The second-order valence-electron chi connectivity index (χ2n) is 2.97. The van der Waals surface area contributed by atoms with Gasteiger partial charge in [-0.3, -0.25) is 4.79 Å². The van der Waals surface area contributed by atoms with Crippen molar-refractivity contribution in [2.24, 2.45) is 0 Å². The summed E-state index contributed by atoms with van der Waals surface area (Å²) < 4.78 is 27.2. The van der Waals surface area contributed by atoms with Crippen molar-refractivity contribution < 1.29 is 17.9 Å². The van der Waals surface area contributed by atoms with Gasteiger partial charge in [-0.05, 0) is 13.3 Å². The van der Waals surface area contributed by atoms with Crippen LogP contribution in [0.25, 0.3) is 0 Å². The first-order valence-electron chi connectivity index (χ1n) is 4.75. The highest BCUT2D eigenvalue weighted by Crippen LogP contribution is 2.00. The predicted octanol–water partition coefficient (Wildman–Crippen LogP) is 0.658. The largest absolute Gasteiger partial charge is 0.466 e. The van der Waals surface area contributed by atoms with Crippen molar-refractivity contribution in [2.75, 3.05) is 18.1 Å². The molecular formula is C9H15NO4S. The molecule has 0 N–H and O–H groups in total. The van der Waals surface area contributed by atoms with E-state index in [9.17, 15) is 13.2 Å². The molecule has 0 aromatic carbocycles. The lowest BCUT2D eigenvalue weighted by molar-refractivity contribution is -0.142. The molecule has 0 bridgehead atoms. The average molecular weight is 233 g/mol. The minimum absolute atomic E-state index is 0.0417. The summed E-state index contributed by atoms with van der Waals surface area (Å²) in [4.78, 5) is 10.9. The summed E-state index contributed by atoms with van der Waals surface area (Å²) in [5, 5.41) is 8.23. The molecular weight excluding hydrogens is 218 g/mol. The highest BCUT2D eigenvalue weighted by molar-refractivity contribution is 7.91. The maximum Gasteiger partial charge on any atom is 0.306 e. The van der Waals surface area contributed by atoms with Crippen LogP contribution in [0.15, 0.2) is 0 Å². The molecule has 0 saturated heterocycles. The van der Waals surface area contributed by atoms with Crippen LogP contribution >= 0.6 is 0 Å². The molecule has 0 aliphatic rings. The molecule has 0 aromatic heterocycles. The number of esters is 1. The van der Waals surface area contributed by atoms with Gasteiger partial charge in [0.2, 0.25) is 0 Å². The third-order valence-electron chi connectivity index (χ3n) is 1.67. The molecule has 5 nitrogen and oxygen atoms in total. The number of carbonyl (C=O) groups excluding carboxylic acids is 1. The van der Waals surface area contributed by atoms with Gasteiger partial charge in [0.05, 0.1) is 30.6 Å². The number of carbonyl (C=O) groups is 1. The molecule has 0 unspecified atom stereocenters. The third-order valence-corrected chi connectivity index (χ3v) is 3.40. The van der Waals surface area contributed by atoms with Crippen LogP contribution in [0.3, 0.4) is 0 Å². The van der Waals surface area contributed by atoms with Crippen LogP contribution in [-0.4, -0.2) is 32.5 Å². The quantitative estimate of drug-likeness (QED) is 0.476. The van der Waals surface area contributed by atoms with Crippen LogP contribution in [0.4, 0.5) is 0 Å². The summed E-state index contributed by atoms with van der Waals surface area (Å²) in [7, 11) is -3.22. The summed E-state index contributed by atoms with van der Waals surface area (Å²) >= 11 is 0. The van der Waals surface area contributed by atoms with Gasteiger partial charge in [-0.2, -0.15) is 5.26 Å². The fourth-order valence-corrected chi connectivity index (χ4v) is 2.21. The minimum Gasteiger partial charge on any atom is -0.466 e. The molecule has 0 rings (SSSR count). The van der Waals surface area contributed by atoms with Gasteiger partial charge in [-0.1, -0.05) is 0 Å². The second kappa shape index (κ2) is 7.23. The normalized spacial score (nSPS) is 10.7. The van der Waals surface area contributed by atoms with Gasteiger partial charge >= 0.3 is 5.97 Å². The smallest absolute Gasteiger partial charge is 0.306 e. The van der Waals surface area contributed by atoms with E-state index < -0.39 is 15.8 Å². The maximum absolute atomic E-state index is 11.3. The zero-order chi connectivity index (χ0) is 11.7. The van der Waals surface area contributed by atoms with Gasteiger partial charge in [-0.15, -0.1) is 0 Å². The van der Waals surface area contributed by atoms with Crippen molar-refractivity contribution in [2.45, 2.75) is 26.2 Å². The van der Waals surface area contributed by atoms with E-state index in [0.717, 1.165) is 0 Å². The second-order valence-corrected chi connectivity index (χ2v) is 5.27. The Kier molecular flexibility index (Phi) is 6.71. The van der Waals surface area contributed by atoms with E-state index in [0.29, 0.717) is 6.42 Å². The number of sulfone groups is 1. The number of nitriles is 1. The van der Waals surface area contributed by atoms with Crippen molar-refractivity contribution >= 4 is 15.8 Å². The Morgan fingerprint density at radius 1 is 1.40 bits per heavy atom. The average Bonchev–Trinajstić information content (AvgIpc) is 2.16. The molecule has 86 valence electrons. The van der Waals surface area contributed by atoms with Crippen molar-refractivity contribution in [1.29, 1.82) is 5.26 Å². The monoisotopic (exact) mass is 233 g/mol. The Bertz CT molecular complexity index is 329. The highest BCUT2D eigenvalue weighted by atomic mass is 32.2. The highest BCUT2D eigenvalue weighted by Gasteiger charge is 2.13. The molecule has 0 heterocycles. The zero-order valence-electron chi connectivity index (χ0n) is 8.73. The minimum atomic E-state index is -3.22. The summed E-state index contributed by atoms with van der Waals surface area (Å²) in [6.07, 6.45) is 0.434. The molecule has 0 fully saturated rings. The molecule has 0 radical (unpaired) electrons. The van der Waals surface area contributed by atoms with E-state index in [1.807, 2.05) is 6.07 Å².